The zero-order chi connectivity index (χ0) is 21.4. The number of nitrogens with zero attached hydrogens (tertiary/aromatic N) is 2. The highest BCUT2D eigenvalue weighted by Gasteiger charge is 2.35. The monoisotopic (exact) mass is 428 g/mol. The van der Waals surface area contributed by atoms with Crippen LogP contribution in [0.15, 0.2) is 64.6 Å². The van der Waals surface area contributed by atoms with Crippen molar-refractivity contribution in [3.8, 4) is 0 Å². The molecule has 0 amide bonds. The van der Waals surface area contributed by atoms with Crippen molar-refractivity contribution in [2.24, 2.45) is 5.16 Å². The van der Waals surface area contributed by atoms with Crippen molar-refractivity contribution in [1.29, 1.82) is 0 Å². The molecule has 1 fully saturated rings. The average Bonchev–Trinajstić information content (AvgIpc) is 2.77. The lowest BCUT2D eigenvalue weighted by Gasteiger charge is -2.41. The minimum absolute atomic E-state index is 0.211. The Morgan fingerprint density at radius 2 is 1.77 bits per heavy atom. The minimum Gasteiger partial charge on any atom is -0.458 e. The van der Waals surface area contributed by atoms with Gasteiger partial charge in [0.2, 0.25) is 6.61 Å². The van der Waals surface area contributed by atoms with E-state index in [1.165, 1.54) is 0 Å². The maximum atomic E-state index is 12.1. The third-order valence-electron chi connectivity index (χ3n) is 5.10. The van der Waals surface area contributed by atoms with E-state index in [-0.39, 0.29) is 13.2 Å². The number of morpholine rings is 1. The van der Waals surface area contributed by atoms with E-state index in [0.717, 1.165) is 34.8 Å². The van der Waals surface area contributed by atoms with E-state index >= 15 is 0 Å². The molecule has 3 rings (SSSR count). The summed E-state index contributed by atoms with van der Waals surface area (Å²) < 4.78 is 10.8. The molecule has 0 N–H and O–H groups in total. The molecule has 0 aromatic heterocycles. The van der Waals surface area contributed by atoms with Gasteiger partial charge in [-0.05, 0) is 31.5 Å². The van der Waals surface area contributed by atoms with Gasteiger partial charge in [0.15, 0.2) is 0 Å². The first-order chi connectivity index (χ1) is 14.5. The van der Waals surface area contributed by atoms with Crippen LogP contribution in [0.3, 0.4) is 0 Å². The van der Waals surface area contributed by atoms with Gasteiger partial charge >= 0.3 is 5.97 Å². The predicted molar refractivity (Wildman–Crippen MR) is 119 cm³/mol. The second kappa shape index (κ2) is 10.6. The fourth-order valence-corrected chi connectivity index (χ4v) is 3.49. The summed E-state index contributed by atoms with van der Waals surface area (Å²) in [5.74, 6) is -0.461. The molecule has 1 heterocycles. The van der Waals surface area contributed by atoms with Gasteiger partial charge in [-0.2, -0.15) is 0 Å². The molecule has 0 spiro atoms. The van der Waals surface area contributed by atoms with Crippen LogP contribution in [0.25, 0.3) is 0 Å². The number of hydrogen-bond acceptors (Lipinski definition) is 7. The molecule has 0 atom stereocenters. The molecular formula is C23H28N2O4S. The van der Waals surface area contributed by atoms with Crippen molar-refractivity contribution < 1.29 is 19.1 Å². The number of thiol groups is 1. The molecule has 1 aliphatic rings. The number of esters is 1. The van der Waals surface area contributed by atoms with E-state index in [1.54, 1.807) is 0 Å². The van der Waals surface area contributed by atoms with Crippen LogP contribution in [0, 0.1) is 0 Å². The first kappa shape index (κ1) is 22.3. The molecule has 160 valence electrons. The van der Waals surface area contributed by atoms with Crippen LogP contribution in [0.4, 0.5) is 0 Å². The van der Waals surface area contributed by atoms with Crippen LogP contribution < -0.4 is 0 Å². The molecule has 2 aromatic carbocycles. The molecular weight excluding hydrogens is 400 g/mol. The summed E-state index contributed by atoms with van der Waals surface area (Å²) in [4.78, 5) is 20.7. The largest absolute Gasteiger partial charge is 0.458 e. The van der Waals surface area contributed by atoms with Crippen molar-refractivity contribution in [3.05, 3.63) is 65.7 Å². The Labute approximate surface area is 183 Å². The molecule has 30 heavy (non-hydrogen) atoms. The summed E-state index contributed by atoms with van der Waals surface area (Å²) in [6.45, 7) is 7.12. The van der Waals surface area contributed by atoms with Gasteiger partial charge in [0.1, 0.15) is 12.3 Å². The standard InChI is InChI=1S/C23H28N2O4S/c1-23(2,25-12-14-27-15-13-25)22(19-8-10-20(30)11-9-19)24-29-17-21(26)28-16-18-6-4-3-5-7-18/h3-11,30H,12-17H2,1-2H3/b24-22-. The molecule has 0 bridgehead atoms. The van der Waals surface area contributed by atoms with Gasteiger partial charge in [0, 0.05) is 23.5 Å². The molecule has 6 nitrogen and oxygen atoms in total. The van der Waals surface area contributed by atoms with Crippen LogP contribution in [-0.4, -0.2) is 55.0 Å². The van der Waals surface area contributed by atoms with E-state index in [0.29, 0.717) is 13.2 Å². The zero-order valence-electron chi connectivity index (χ0n) is 17.4. The van der Waals surface area contributed by atoms with Crippen molar-refractivity contribution in [2.45, 2.75) is 30.9 Å². The minimum atomic E-state index is -0.461. The lowest BCUT2D eigenvalue weighted by Crippen LogP contribution is -2.54. The van der Waals surface area contributed by atoms with Gasteiger partial charge in [-0.15, -0.1) is 12.6 Å². The Kier molecular flexibility index (Phi) is 7.90. The van der Waals surface area contributed by atoms with E-state index < -0.39 is 11.5 Å². The molecule has 1 saturated heterocycles. The smallest absolute Gasteiger partial charge is 0.347 e. The third kappa shape index (κ3) is 6.08. The van der Waals surface area contributed by atoms with Crippen LogP contribution in [0.1, 0.15) is 25.0 Å². The molecule has 0 aliphatic carbocycles. The topological polar surface area (TPSA) is 60.4 Å². The van der Waals surface area contributed by atoms with E-state index in [2.05, 4.69) is 36.5 Å². The Bertz CT molecular complexity index is 847. The normalized spacial score (nSPS) is 15.6. The Hall–Kier alpha value is -2.35. The maximum absolute atomic E-state index is 12.1. The maximum Gasteiger partial charge on any atom is 0.347 e. The number of ether oxygens (including phenoxy) is 2. The van der Waals surface area contributed by atoms with Gasteiger partial charge in [-0.3, -0.25) is 4.90 Å². The van der Waals surface area contributed by atoms with Crippen LogP contribution in [-0.2, 0) is 25.7 Å². The van der Waals surface area contributed by atoms with E-state index in [4.69, 9.17) is 14.3 Å². The predicted octanol–water partition coefficient (Wildman–Crippen LogP) is 3.55. The van der Waals surface area contributed by atoms with Crippen molar-refractivity contribution >= 4 is 24.3 Å². The number of carbonyl (C=O) groups is 1. The lowest BCUT2D eigenvalue weighted by molar-refractivity contribution is -0.150. The van der Waals surface area contributed by atoms with Gasteiger partial charge in [-0.1, -0.05) is 47.6 Å². The summed E-state index contributed by atoms with van der Waals surface area (Å²) in [5, 5.41) is 4.37. The van der Waals surface area contributed by atoms with Crippen molar-refractivity contribution in [3.63, 3.8) is 0 Å². The summed E-state index contributed by atoms with van der Waals surface area (Å²) in [6, 6.07) is 17.3. The number of oxime groups is 1. The van der Waals surface area contributed by atoms with Crippen LogP contribution in [0.5, 0.6) is 0 Å². The highest BCUT2D eigenvalue weighted by atomic mass is 32.1. The Balaban J connectivity index is 1.68. The first-order valence-electron chi connectivity index (χ1n) is 9.99. The summed E-state index contributed by atoms with van der Waals surface area (Å²) >= 11 is 4.37. The molecule has 1 aliphatic heterocycles. The molecule has 2 aromatic rings. The second-order valence-electron chi connectivity index (χ2n) is 7.56. The summed E-state index contributed by atoms with van der Waals surface area (Å²) in [6.07, 6.45) is 0. The lowest BCUT2D eigenvalue weighted by atomic mass is 9.90. The first-order valence-corrected chi connectivity index (χ1v) is 10.4. The second-order valence-corrected chi connectivity index (χ2v) is 8.08. The highest BCUT2D eigenvalue weighted by Crippen LogP contribution is 2.24. The summed E-state index contributed by atoms with van der Waals surface area (Å²) in [5.41, 5.74) is 2.18. The quantitative estimate of drug-likeness (QED) is 0.302. The van der Waals surface area contributed by atoms with Gasteiger partial charge in [-0.25, -0.2) is 4.79 Å². The fraction of sp³-hybridized carbons (Fsp3) is 0.391. The van der Waals surface area contributed by atoms with Crippen molar-refractivity contribution in [2.75, 3.05) is 32.9 Å². The Morgan fingerprint density at radius 3 is 2.43 bits per heavy atom. The molecule has 0 unspecified atom stereocenters. The van der Waals surface area contributed by atoms with Crippen LogP contribution >= 0.6 is 12.6 Å². The molecule has 0 saturated carbocycles. The van der Waals surface area contributed by atoms with E-state index in [9.17, 15) is 4.79 Å². The highest BCUT2D eigenvalue weighted by molar-refractivity contribution is 7.80. The van der Waals surface area contributed by atoms with Gasteiger partial charge < -0.3 is 14.3 Å². The SMILES string of the molecule is CC(C)(/C(=N\OCC(=O)OCc1ccccc1)c1ccc(S)cc1)N1CCOCC1. The van der Waals surface area contributed by atoms with Crippen molar-refractivity contribution in [1.82, 2.24) is 4.90 Å². The van der Waals surface area contributed by atoms with Gasteiger partial charge in [0.25, 0.3) is 0 Å². The molecule has 0 radical (unpaired) electrons. The average molecular weight is 429 g/mol. The zero-order valence-corrected chi connectivity index (χ0v) is 18.3. The summed E-state index contributed by atoms with van der Waals surface area (Å²) in [7, 11) is 0. The number of hydrogen-bond donors (Lipinski definition) is 1. The van der Waals surface area contributed by atoms with Gasteiger partial charge in [0.05, 0.1) is 18.8 Å². The van der Waals surface area contributed by atoms with E-state index in [1.807, 2.05) is 54.6 Å². The molecule has 7 heteroatoms. The Morgan fingerprint density at radius 1 is 1.10 bits per heavy atom. The third-order valence-corrected chi connectivity index (χ3v) is 5.40. The number of benzene rings is 2. The van der Waals surface area contributed by atoms with Crippen LogP contribution in [0.2, 0.25) is 0 Å². The fourth-order valence-electron chi connectivity index (χ4n) is 3.34. The number of carbonyl (C=O) groups excluding carboxylic acids is 1. The number of rotatable bonds is 8.